The van der Waals surface area contributed by atoms with Crippen LogP contribution in [0, 0.1) is 5.92 Å². The van der Waals surface area contributed by atoms with Gasteiger partial charge in [0.1, 0.15) is 5.75 Å². The monoisotopic (exact) mass is 349 g/mol. The second-order valence-corrected chi connectivity index (χ2v) is 7.66. The molecule has 0 aliphatic rings. The van der Waals surface area contributed by atoms with Crippen LogP contribution in [0.2, 0.25) is 0 Å². The van der Waals surface area contributed by atoms with Crippen LogP contribution in [-0.2, 0) is 10.0 Å². The van der Waals surface area contributed by atoms with Crippen molar-refractivity contribution in [1.82, 2.24) is 0 Å². The molecule has 0 fully saturated rings. The Bertz CT molecular complexity index is 529. The Morgan fingerprint density at radius 2 is 1.95 bits per heavy atom. The van der Waals surface area contributed by atoms with E-state index in [0.29, 0.717) is 12.5 Å². The van der Waals surface area contributed by atoms with Crippen molar-refractivity contribution >= 4 is 26.0 Å². The van der Waals surface area contributed by atoms with Gasteiger partial charge in [-0.1, -0.05) is 36.7 Å². The quantitative estimate of drug-likeness (QED) is 0.858. The molecule has 4 nitrogen and oxygen atoms in total. The van der Waals surface area contributed by atoms with Gasteiger partial charge in [0.15, 0.2) is 0 Å². The molecule has 0 saturated carbocycles. The molecule has 0 radical (unpaired) electrons. The van der Waals surface area contributed by atoms with Gasteiger partial charge in [0.25, 0.3) is 0 Å². The van der Waals surface area contributed by atoms with Crippen LogP contribution >= 0.6 is 15.9 Å². The van der Waals surface area contributed by atoms with Crippen molar-refractivity contribution in [1.29, 1.82) is 0 Å². The van der Waals surface area contributed by atoms with E-state index in [1.54, 1.807) is 6.92 Å². The minimum absolute atomic E-state index is 0.0689. The first-order valence-corrected chi connectivity index (χ1v) is 8.62. The van der Waals surface area contributed by atoms with Gasteiger partial charge >= 0.3 is 0 Å². The van der Waals surface area contributed by atoms with Gasteiger partial charge in [0.05, 0.1) is 12.4 Å². The number of halogens is 1. The zero-order valence-electron chi connectivity index (χ0n) is 11.4. The molecule has 0 saturated heterocycles. The van der Waals surface area contributed by atoms with Crippen molar-refractivity contribution in [3.8, 4) is 5.75 Å². The fraction of sp³-hybridized carbons (Fsp3) is 0.538. The van der Waals surface area contributed by atoms with Gasteiger partial charge in [-0.2, -0.15) is 0 Å². The van der Waals surface area contributed by atoms with Gasteiger partial charge in [-0.25, -0.2) is 13.6 Å². The lowest BCUT2D eigenvalue weighted by Crippen LogP contribution is -2.25. The summed E-state index contributed by atoms with van der Waals surface area (Å²) in [5, 5.41) is 5.01. The van der Waals surface area contributed by atoms with E-state index >= 15 is 0 Å². The highest BCUT2D eigenvalue weighted by atomic mass is 79.9. The number of ether oxygens (including phenoxy) is 1. The lowest BCUT2D eigenvalue weighted by Gasteiger charge is -2.17. The highest BCUT2D eigenvalue weighted by Crippen LogP contribution is 2.29. The van der Waals surface area contributed by atoms with Crippen molar-refractivity contribution < 1.29 is 13.2 Å². The Balaban J connectivity index is 2.72. The summed E-state index contributed by atoms with van der Waals surface area (Å²) in [5.41, 5.74) is 1.09. The van der Waals surface area contributed by atoms with Gasteiger partial charge in [0, 0.05) is 10.4 Å². The van der Waals surface area contributed by atoms with Crippen LogP contribution in [0.5, 0.6) is 5.75 Å². The van der Waals surface area contributed by atoms with Crippen LogP contribution in [0.25, 0.3) is 0 Å². The maximum atomic E-state index is 11.0. The number of nitrogens with two attached hydrogens (primary N) is 1. The second-order valence-electron chi connectivity index (χ2n) is 5.08. The third-order valence-electron chi connectivity index (χ3n) is 2.63. The Morgan fingerprint density at radius 3 is 2.47 bits per heavy atom. The number of benzene rings is 1. The largest absolute Gasteiger partial charge is 0.493 e. The van der Waals surface area contributed by atoms with E-state index < -0.39 is 10.0 Å². The van der Waals surface area contributed by atoms with Gasteiger partial charge in [-0.3, -0.25) is 0 Å². The van der Waals surface area contributed by atoms with Crippen molar-refractivity contribution in [3.63, 3.8) is 0 Å². The molecule has 108 valence electrons. The number of rotatable bonds is 6. The van der Waals surface area contributed by atoms with Crippen LogP contribution in [0.1, 0.15) is 32.3 Å². The molecule has 0 spiro atoms. The van der Waals surface area contributed by atoms with Gasteiger partial charge in [-0.05, 0) is 29.7 Å². The van der Waals surface area contributed by atoms with Gasteiger partial charge < -0.3 is 4.74 Å². The minimum Gasteiger partial charge on any atom is -0.493 e. The fourth-order valence-electron chi connectivity index (χ4n) is 1.78. The molecular formula is C13H20BrNO3S. The van der Waals surface area contributed by atoms with Crippen LogP contribution in [0.3, 0.4) is 0 Å². The average molecular weight is 350 g/mol. The van der Waals surface area contributed by atoms with E-state index in [-0.39, 0.29) is 11.7 Å². The zero-order chi connectivity index (χ0) is 14.6. The smallest absolute Gasteiger partial charge is 0.209 e. The van der Waals surface area contributed by atoms with E-state index in [4.69, 9.17) is 9.88 Å². The Hall–Kier alpha value is -0.590. The standard InChI is InChI=1S/C13H20BrNO3S/c1-9(2)12-6-11(14)4-5-13(12)18-7-10(3)8-19(15,16)17/h4-6,9-10H,7-8H2,1-3H3,(H2,15,16,17). The first-order chi connectivity index (χ1) is 8.69. The van der Waals surface area contributed by atoms with E-state index in [0.717, 1.165) is 15.8 Å². The minimum atomic E-state index is -3.45. The normalized spacial score (nSPS) is 13.6. The summed E-state index contributed by atoms with van der Waals surface area (Å²) in [4.78, 5) is 0. The van der Waals surface area contributed by atoms with E-state index in [1.165, 1.54) is 0 Å². The van der Waals surface area contributed by atoms with Gasteiger partial charge in [0.2, 0.25) is 10.0 Å². The molecule has 0 bridgehead atoms. The molecule has 0 aromatic heterocycles. The predicted molar refractivity (Wildman–Crippen MR) is 80.9 cm³/mol. The molecule has 1 aromatic carbocycles. The Labute approximate surface area is 123 Å². The lowest BCUT2D eigenvalue weighted by atomic mass is 10.0. The Kier molecular flexibility index (Phi) is 5.82. The van der Waals surface area contributed by atoms with E-state index in [9.17, 15) is 8.42 Å². The summed E-state index contributed by atoms with van der Waals surface area (Å²) in [7, 11) is -3.45. The molecule has 0 amide bonds. The molecule has 1 atom stereocenters. The summed E-state index contributed by atoms with van der Waals surface area (Å²) in [6, 6.07) is 5.82. The third kappa shape index (κ3) is 5.93. The molecule has 6 heteroatoms. The molecule has 0 aliphatic carbocycles. The van der Waals surface area contributed by atoms with Crippen LogP contribution in [0.4, 0.5) is 0 Å². The summed E-state index contributed by atoms with van der Waals surface area (Å²) < 4.78 is 28.7. The van der Waals surface area contributed by atoms with Crippen LogP contribution in [-0.4, -0.2) is 20.8 Å². The molecule has 0 aliphatic heterocycles. The number of primary sulfonamides is 1. The second kappa shape index (κ2) is 6.72. The molecule has 0 heterocycles. The average Bonchev–Trinajstić information content (AvgIpc) is 2.24. The summed E-state index contributed by atoms with van der Waals surface area (Å²) in [6.45, 7) is 6.31. The maximum Gasteiger partial charge on any atom is 0.209 e. The van der Waals surface area contributed by atoms with Gasteiger partial charge in [-0.15, -0.1) is 0 Å². The SMILES string of the molecule is CC(COc1ccc(Br)cc1C(C)C)CS(N)(=O)=O. The van der Waals surface area contributed by atoms with Crippen molar-refractivity contribution in [3.05, 3.63) is 28.2 Å². The van der Waals surface area contributed by atoms with Crippen LogP contribution < -0.4 is 9.88 Å². The van der Waals surface area contributed by atoms with Crippen LogP contribution in [0.15, 0.2) is 22.7 Å². The summed E-state index contributed by atoms with van der Waals surface area (Å²) in [6.07, 6.45) is 0. The van der Waals surface area contributed by atoms with Crippen molar-refractivity contribution in [2.45, 2.75) is 26.7 Å². The maximum absolute atomic E-state index is 11.0. The number of hydrogen-bond donors (Lipinski definition) is 1. The molecular weight excluding hydrogens is 330 g/mol. The van der Waals surface area contributed by atoms with Crippen molar-refractivity contribution in [2.24, 2.45) is 11.1 Å². The van der Waals surface area contributed by atoms with Crippen molar-refractivity contribution in [2.75, 3.05) is 12.4 Å². The molecule has 2 N–H and O–H groups in total. The lowest BCUT2D eigenvalue weighted by molar-refractivity contribution is 0.268. The summed E-state index contributed by atoms with van der Waals surface area (Å²) >= 11 is 3.43. The highest BCUT2D eigenvalue weighted by Gasteiger charge is 2.14. The first kappa shape index (κ1) is 16.5. The summed E-state index contributed by atoms with van der Waals surface area (Å²) in [5.74, 6) is 0.916. The highest BCUT2D eigenvalue weighted by molar-refractivity contribution is 9.10. The van der Waals surface area contributed by atoms with E-state index in [1.807, 2.05) is 18.2 Å². The number of sulfonamides is 1. The third-order valence-corrected chi connectivity index (χ3v) is 4.16. The fourth-order valence-corrected chi connectivity index (χ4v) is 3.05. The molecule has 1 rings (SSSR count). The topological polar surface area (TPSA) is 69.4 Å². The zero-order valence-corrected chi connectivity index (χ0v) is 13.8. The Morgan fingerprint density at radius 1 is 1.32 bits per heavy atom. The number of hydrogen-bond acceptors (Lipinski definition) is 3. The first-order valence-electron chi connectivity index (χ1n) is 6.11. The molecule has 1 aromatic rings. The predicted octanol–water partition coefficient (Wildman–Crippen LogP) is 2.88. The van der Waals surface area contributed by atoms with E-state index in [2.05, 4.69) is 29.8 Å². The molecule has 1 unspecified atom stereocenters. The molecule has 19 heavy (non-hydrogen) atoms.